The van der Waals surface area contributed by atoms with Gasteiger partial charge in [0, 0.05) is 17.6 Å². The quantitative estimate of drug-likeness (QED) is 0.191. The summed E-state index contributed by atoms with van der Waals surface area (Å²) >= 11 is 9.00. The number of hydrogen-bond donors (Lipinski definition) is 1. The molecule has 0 saturated carbocycles. The van der Waals surface area contributed by atoms with Crippen molar-refractivity contribution >= 4 is 45.1 Å². The largest absolute Gasteiger partial charge is 0.493 e. The Labute approximate surface area is 216 Å². The van der Waals surface area contributed by atoms with Gasteiger partial charge < -0.3 is 14.4 Å². The first kappa shape index (κ1) is 27.8. The lowest BCUT2D eigenvalue weighted by atomic mass is 10.2. The smallest absolute Gasteiger partial charge is 0.307 e. The van der Waals surface area contributed by atoms with Crippen LogP contribution in [-0.4, -0.2) is 41.6 Å². The maximum Gasteiger partial charge on any atom is 0.307 e. The Kier molecular flexibility index (Phi) is 12.6. The number of thiocarbonyl (C=S) groups is 1. The first-order valence-electron chi connectivity index (χ1n) is 11.7. The van der Waals surface area contributed by atoms with Gasteiger partial charge in [-0.05, 0) is 49.3 Å². The van der Waals surface area contributed by atoms with Crippen LogP contribution in [0.3, 0.4) is 0 Å². The maximum absolute atomic E-state index is 13.1. The molecule has 0 spiro atoms. The second-order valence-electron chi connectivity index (χ2n) is 7.77. The van der Waals surface area contributed by atoms with E-state index in [1.165, 1.54) is 0 Å². The Morgan fingerprint density at radius 2 is 1.82 bits per heavy atom. The number of ether oxygens (including phenoxy) is 2. The van der Waals surface area contributed by atoms with Crippen molar-refractivity contribution in [2.24, 2.45) is 0 Å². The lowest BCUT2D eigenvalue weighted by Gasteiger charge is -2.25. The number of carbonyl (C=O) groups excluding carboxylic acids is 2. The van der Waals surface area contributed by atoms with E-state index < -0.39 is 0 Å². The van der Waals surface area contributed by atoms with E-state index in [1.54, 1.807) is 24.0 Å². The molecule has 184 valence electrons. The highest BCUT2D eigenvalue weighted by Crippen LogP contribution is 2.24. The molecule has 0 aliphatic rings. The summed E-state index contributed by atoms with van der Waals surface area (Å²) in [4.78, 5) is 26.9. The van der Waals surface area contributed by atoms with Crippen LogP contribution >= 0.6 is 28.1 Å². The van der Waals surface area contributed by atoms with Crippen molar-refractivity contribution < 1.29 is 19.1 Å². The minimum atomic E-state index is -0.357. The van der Waals surface area contributed by atoms with Gasteiger partial charge in [0.2, 0.25) is 0 Å². The van der Waals surface area contributed by atoms with Gasteiger partial charge in [-0.2, -0.15) is 0 Å². The molecule has 2 aromatic carbocycles. The number of amides is 1. The number of nitrogens with one attached hydrogen (secondary N) is 1. The van der Waals surface area contributed by atoms with Crippen LogP contribution in [0.15, 0.2) is 53.0 Å². The predicted molar refractivity (Wildman–Crippen MR) is 142 cm³/mol. The van der Waals surface area contributed by atoms with Crippen molar-refractivity contribution in [2.45, 2.75) is 52.5 Å². The van der Waals surface area contributed by atoms with Crippen molar-refractivity contribution in [2.75, 3.05) is 19.8 Å². The Morgan fingerprint density at radius 1 is 1.06 bits per heavy atom. The summed E-state index contributed by atoms with van der Waals surface area (Å²) in [6.45, 7) is 5.58. The highest BCUT2D eigenvalue weighted by atomic mass is 79.9. The molecular formula is C26H33BrN2O4S. The third kappa shape index (κ3) is 9.81. The number of halogens is 1. The molecule has 0 bridgehead atoms. The number of nitrogens with zero attached hydrogens (tertiary/aromatic N) is 1. The summed E-state index contributed by atoms with van der Waals surface area (Å²) in [5.41, 5.74) is 1.42. The summed E-state index contributed by atoms with van der Waals surface area (Å²) in [7, 11) is 0. The molecule has 0 radical (unpaired) electrons. The second kappa shape index (κ2) is 15.5. The minimum absolute atomic E-state index is 0.166. The van der Waals surface area contributed by atoms with Crippen LogP contribution in [0, 0.1) is 0 Å². The van der Waals surface area contributed by atoms with Crippen molar-refractivity contribution in [1.82, 2.24) is 10.2 Å². The summed E-state index contributed by atoms with van der Waals surface area (Å²) in [6.07, 6.45) is 4.50. The highest BCUT2D eigenvalue weighted by Gasteiger charge is 2.19. The molecular weight excluding hydrogens is 516 g/mol. The van der Waals surface area contributed by atoms with E-state index >= 15 is 0 Å². The van der Waals surface area contributed by atoms with Gasteiger partial charge >= 0.3 is 5.97 Å². The average molecular weight is 550 g/mol. The SMILES string of the molecule is CCCCCCOc1ccc(Br)cc1C(=O)NC(=S)N(CCC(=O)OCC)Cc1ccccc1. The van der Waals surface area contributed by atoms with E-state index in [4.69, 9.17) is 21.7 Å². The summed E-state index contributed by atoms with van der Waals surface area (Å²) in [5, 5.41) is 3.06. The van der Waals surface area contributed by atoms with Crippen LogP contribution in [0.5, 0.6) is 5.75 Å². The average Bonchev–Trinajstić information content (AvgIpc) is 2.83. The Bertz CT molecular complexity index is 940. The monoisotopic (exact) mass is 548 g/mol. The van der Waals surface area contributed by atoms with Crippen molar-refractivity contribution in [3.05, 3.63) is 64.1 Å². The molecule has 0 heterocycles. The number of unbranched alkanes of at least 4 members (excludes halogenated alkanes) is 3. The van der Waals surface area contributed by atoms with E-state index in [-0.39, 0.29) is 23.4 Å². The second-order valence-corrected chi connectivity index (χ2v) is 9.07. The van der Waals surface area contributed by atoms with E-state index in [2.05, 4.69) is 28.2 Å². The molecule has 1 N–H and O–H groups in total. The van der Waals surface area contributed by atoms with E-state index in [9.17, 15) is 9.59 Å². The fraction of sp³-hybridized carbons (Fsp3) is 0.423. The highest BCUT2D eigenvalue weighted by molar-refractivity contribution is 9.10. The lowest BCUT2D eigenvalue weighted by molar-refractivity contribution is -0.143. The fourth-order valence-electron chi connectivity index (χ4n) is 3.28. The van der Waals surface area contributed by atoms with Gasteiger partial charge in [-0.1, -0.05) is 72.4 Å². The lowest BCUT2D eigenvalue weighted by Crippen LogP contribution is -2.43. The maximum atomic E-state index is 13.1. The molecule has 6 nitrogen and oxygen atoms in total. The van der Waals surface area contributed by atoms with Gasteiger partial charge in [0.1, 0.15) is 5.75 Å². The molecule has 2 aromatic rings. The Balaban J connectivity index is 2.10. The minimum Gasteiger partial charge on any atom is -0.493 e. The van der Waals surface area contributed by atoms with Crippen molar-refractivity contribution in [3.8, 4) is 5.75 Å². The number of esters is 1. The van der Waals surface area contributed by atoms with Crippen LogP contribution in [0.25, 0.3) is 0 Å². The number of hydrogen-bond acceptors (Lipinski definition) is 5. The molecule has 0 aliphatic carbocycles. The first-order valence-corrected chi connectivity index (χ1v) is 12.9. The summed E-state index contributed by atoms with van der Waals surface area (Å²) in [6, 6.07) is 15.1. The van der Waals surface area contributed by atoms with Gasteiger partial charge in [-0.25, -0.2) is 0 Å². The molecule has 0 aliphatic heterocycles. The third-order valence-corrected chi connectivity index (χ3v) is 5.91. The van der Waals surface area contributed by atoms with Crippen LogP contribution in [0.1, 0.15) is 61.9 Å². The van der Waals surface area contributed by atoms with Crippen LogP contribution < -0.4 is 10.1 Å². The molecule has 0 saturated heterocycles. The van der Waals surface area contributed by atoms with Crippen LogP contribution in [0.2, 0.25) is 0 Å². The predicted octanol–water partition coefficient (Wildman–Crippen LogP) is 5.88. The zero-order valence-electron chi connectivity index (χ0n) is 19.8. The fourth-order valence-corrected chi connectivity index (χ4v) is 3.89. The molecule has 0 fully saturated rings. The Morgan fingerprint density at radius 3 is 2.53 bits per heavy atom. The summed E-state index contributed by atoms with van der Waals surface area (Å²) < 4.78 is 11.7. The standard InChI is InChI=1S/C26H33BrN2O4S/c1-3-5-6-10-17-33-23-14-13-21(27)18-22(23)25(31)28-26(34)29(16-15-24(30)32-4-2)19-20-11-8-7-9-12-20/h7-9,11-14,18H,3-6,10,15-17,19H2,1-2H3,(H,28,31,34). The van der Waals surface area contributed by atoms with E-state index in [0.717, 1.165) is 35.7 Å². The van der Waals surface area contributed by atoms with Crippen molar-refractivity contribution in [3.63, 3.8) is 0 Å². The topological polar surface area (TPSA) is 67.9 Å². The van der Waals surface area contributed by atoms with Gasteiger partial charge in [0.25, 0.3) is 5.91 Å². The zero-order chi connectivity index (χ0) is 24.8. The molecule has 0 aromatic heterocycles. The van der Waals surface area contributed by atoms with E-state index in [0.29, 0.717) is 37.6 Å². The van der Waals surface area contributed by atoms with Gasteiger partial charge in [-0.15, -0.1) is 0 Å². The van der Waals surface area contributed by atoms with E-state index in [1.807, 2.05) is 36.4 Å². The van der Waals surface area contributed by atoms with Crippen LogP contribution in [-0.2, 0) is 16.1 Å². The number of rotatable bonds is 13. The summed E-state index contributed by atoms with van der Waals surface area (Å²) in [5.74, 6) is -0.148. The number of benzene rings is 2. The molecule has 8 heteroatoms. The van der Waals surface area contributed by atoms with Gasteiger partial charge in [0.15, 0.2) is 5.11 Å². The molecule has 2 rings (SSSR count). The molecule has 1 amide bonds. The Hall–Kier alpha value is -2.45. The zero-order valence-corrected chi connectivity index (χ0v) is 22.3. The van der Waals surface area contributed by atoms with Crippen LogP contribution in [0.4, 0.5) is 0 Å². The van der Waals surface area contributed by atoms with Crippen molar-refractivity contribution in [1.29, 1.82) is 0 Å². The molecule has 0 unspecified atom stereocenters. The normalized spacial score (nSPS) is 10.4. The molecule has 0 atom stereocenters. The first-order chi connectivity index (χ1) is 16.4. The molecule has 34 heavy (non-hydrogen) atoms. The van der Waals surface area contributed by atoms with Gasteiger partial charge in [-0.3, -0.25) is 14.9 Å². The number of carbonyl (C=O) groups is 2. The van der Waals surface area contributed by atoms with Gasteiger partial charge in [0.05, 0.1) is 25.2 Å². The third-order valence-electron chi connectivity index (χ3n) is 5.06.